The van der Waals surface area contributed by atoms with Gasteiger partial charge in [0.2, 0.25) is 5.91 Å². The Labute approximate surface area is 109 Å². The van der Waals surface area contributed by atoms with Gasteiger partial charge in [0.1, 0.15) is 5.82 Å². The third kappa shape index (κ3) is 3.09. The summed E-state index contributed by atoms with van der Waals surface area (Å²) in [5, 5.41) is 9.20. The molecule has 0 saturated carbocycles. The molecule has 0 fully saturated rings. The zero-order valence-corrected chi connectivity index (χ0v) is 10.3. The summed E-state index contributed by atoms with van der Waals surface area (Å²) in [6.45, 7) is 0. The monoisotopic (exact) mass is 259 g/mol. The molecule has 0 aliphatic heterocycles. The standard InChI is InChI=1S/C12H13N5O2/c1-17-10(6-7-14-17)16-12(19)15-9-4-2-8(3-5-9)11(13)18/h2-7H,1H3,(H2,13,18)(H2,15,16,19). The predicted molar refractivity (Wildman–Crippen MR) is 70.8 cm³/mol. The first-order valence-corrected chi connectivity index (χ1v) is 5.52. The van der Waals surface area contributed by atoms with Crippen LogP contribution < -0.4 is 16.4 Å². The van der Waals surface area contributed by atoms with Crippen molar-refractivity contribution in [2.45, 2.75) is 0 Å². The Bertz CT molecular complexity index is 603. The van der Waals surface area contributed by atoms with E-state index >= 15 is 0 Å². The summed E-state index contributed by atoms with van der Waals surface area (Å²) in [5.41, 5.74) is 6.07. The average Bonchev–Trinajstić information content (AvgIpc) is 2.75. The van der Waals surface area contributed by atoms with Crippen LogP contribution in [0.5, 0.6) is 0 Å². The van der Waals surface area contributed by atoms with Crippen LogP contribution in [-0.4, -0.2) is 21.7 Å². The van der Waals surface area contributed by atoms with E-state index in [0.29, 0.717) is 17.1 Å². The molecule has 7 nitrogen and oxygen atoms in total. The van der Waals surface area contributed by atoms with E-state index in [1.54, 1.807) is 43.6 Å². The van der Waals surface area contributed by atoms with Crippen molar-refractivity contribution in [3.63, 3.8) is 0 Å². The first kappa shape index (κ1) is 12.6. The molecule has 0 bridgehead atoms. The van der Waals surface area contributed by atoms with E-state index in [4.69, 9.17) is 5.73 Å². The second kappa shape index (κ2) is 5.21. The second-order valence-electron chi connectivity index (χ2n) is 3.86. The van der Waals surface area contributed by atoms with Crippen LogP contribution in [-0.2, 0) is 7.05 Å². The molecule has 1 aromatic carbocycles. The molecule has 1 heterocycles. The van der Waals surface area contributed by atoms with Crippen molar-refractivity contribution < 1.29 is 9.59 Å². The topological polar surface area (TPSA) is 102 Å². The number of nitrogens with zero attached hydrogens (tertiary/aromatic N) is 2. The van der Waals surface area contributed by atoms with Gasteiger partial charge in [0.15, 0.2) is 0 Å². The minimum absolute atomic E-state index is 0.387. The van der Waals surface area contributed by atoms with Crippen LogP contribution in [0.2, 0.25) is 0 Å². The van der Waals surface area contributed by atoms with Gasteiger partial charge in [0, 0.05) is 24.4 Å². The van der Waals surface area contributed by atoms with Gasteiger partial charge in [-0.3, -0.25) is 14.8 Å². The number of carbonyl (C=O) groups excluding carboxylic acids is 2. The van der Waals surface area contributed by atoms with Crippen molar-refractivity contribution in [2.75, 3.05) is 10.6 Å². The number of nitrogens with one attached hydrogen (secondary N) is 2. The molecular weight excluding hydrogens is 246 g/mol. The molecule has 0 atom stereocenters. The minimum Gasteiger partial charge on any atom is -0.366 e. The summed E-state index contributed by atoms with van der Waals surface area (Å²) in [7, 11) is 1.72. The highest BCUT2D eigenvalue weighted by molar-refractivity contribution is 5.99. The molecule has 1 aromatic heterocycles. The van der Waals surface area contributed by atoms with Gasteiger partial charge in [-0.05, 0) is 24.3 Å². The smallest absolute Gasteiger partial charge is 0.324 e. The third-order valence-corrected chi connectivity index (χ3v) is 2.49. The summed E-state index contributed by atoms with van der Waals surface area (Å²) >= 11 is 0. The number of nitrogens with two attached hydrogens (primary N) is 1. The number of hydrogen-bond donors (Lipinski definition) is 3. The van der Waals surface area contributed by atoms with Crippen molar-refractivity contribution in [1.82, 2.24) is 9.78 Å². The van der Waals surface area contributed by atoms with Crippen LogP contribution in [0.1, 0.15) is 10.4 Å². The van der Waals surface area contributed by atoms with Crippen LogP contribution in [0, 0.1) is 0 Å². The maximum absolute atomic E-state index is 11.7. The molecule has 0 spiro atoms. The van der Waals surface area contributed by atoms with E-state index in [2.05, 4.69) is 15.7 Å². The first-order valence-electron chi connectivity index (χ1n) is 5.52. The van der Waals surface area contributed by atoms with Crippen LogP contribution in [0.3, 0.4) is 0 Å². The number of primary amides is 1. The minimum atomic E-state index is -0.508. The zero-order chi connectivity index (χ0) is 13.8. The van der Waals surface area contributed by atoms with Crippen molar-refractivity contribution in [3.05, 3.63) is 42.1 Å². The number of benzene rings is 1. The zero-order valence-electron chi connectivity index (χ0n) is 10.3. The molecule has 4 N–H and O–H groups in total. The Morgan fingerprint density at radius 3 is 2.37 bits per heavy atom. The van der Waals surface area contributed by atoms with Crippen molar-refractivity contribution in [3.8, 4) is 0 Å². The Hall–Kier alpha value is -2.83. The van der Waals surface area contributed by atoms with Crippen molar-refractivity contribution in [2.24, 2.45) is 12.8 Å². The molecule has 0 unspecified atom stereocenters. The molecule has 98 valence electrons. The Morgan fingerprint density at radius 2 is 1.84 bits per heavy atom. The molecule has 0 radical (unpaired) electrons. The number of urea groups is 1. The quantitative estimate of drug-likeness (QED) is 0.770. The van der Waals surface area contributed by atoms with Gasteiger partial charge in [-0.15, -0.1) is 0 Å². The lowest BCUT2D eigenvalue weighted by Crippen LogP contribution is -2.21. The molecule has 7 heteroatoms. The van der Waals surface area contributed by atoms with Crippen LogP contribution in [0.25, 0.3) is 0 Å². The molecule has 0 aliphatic carbocycles. The summed E-state index contributed by atoms with van der Waals surface area (Å²) in [4.78, 5) is 22.6. The molecule has 3 amide bonds. The number of rotatable bonds is 3. The lowest BCUT2D eigenvalue weighted by Gasteiger charge is -2.07. The lowest BCUT2D eigenvalue weighted by molar-refractivity contribution is 0.100. The van der Waals surface area contributed by atoms with Crippen molar-refractivity contribution >= 4 is 23.4 Å². The fourth-order valence-electron chi connectivity index (χ4n) is 1.49. The second-order valence-corrected chi connectivity index (χ2v) is 3.86. The van der Waals surface area contributed by atoms with Gasteiger partial charge in [-0.25, -0.2) is 4.79 Å². The molecular formula is C12H13N5O2. The normalized spacial score (nSPS) is 9.95. The third-order valence-electron chi connectivity index (χ3n) is 2.49. The van der Waals surface area contributed by atoms with Gasteiger partial charge in [-0.1, -0.05) is 0 Å². The Kier molecular flexibility index (Phi) is 3.46. The highest BCUT2D eigenvalue weighted by Gasteiger charge is 2.06. The maximum atomic E-state index is 11.7. The first-order chi connectivity index (χ1) is 9.06. The number of carbonyl (C=O) groups is 2. The fraction of sp³-hybridized carbons (Fsp3) is 0.0833. The number of amides is 3. The van der Waals surface area contributed by atoms with Gasteiger partial charge in [0.05, 0.1) is 6.20 Å². The van der Waals surface area contributed by atoms with Crippen LogP contribution >= 0.6 is 0 Å². The predicted octanol–water partition coefficient (Wildman–Crippen LogP) is 1.16. The number of aromatic nitrogens is 2. The summed E-state index contributed by atoms with van der Waals surface area (Å²) in [6, 6.07) is 7.57. The molecule has 0 saturated heterocycles. The van der Waals surface area contributed by atoms with Gasteiger partial charge >= 0.3 is 6.03 Å². The SMILES string of the molecule is Cn1nccc1NC(=O)Nc1ccc(C(N)=O)cc1. The highest BCUT2D eigenvalue weighted by atomic mass is 16.2. The van der Waals surface area contributed by atoms with Gasteiger partial charge in [0.25, 0.3) is 0 Å². The van der Waals surface area contributed by atoms with E-state index in [-0.39, 0.29) is 0 Å². The van der Waals surface area contributed by atoms with E-state index in [1.807, 2.05) is 0 Å². The number of aryl methyl sites for hydroxylation is 1. The number of hydrogen-bond acceptors (Lipinski definition) is 3. The molecule has 0 aliphatic rings. The Balaban J connectivity index is 1.99. The Morgan fingerprint density at radius 1 is 1.16 bits per heavy atom. The number of anilines is 2. The molecule has 2 aromatic rings. The largest absolute Gasteiger partial charge is 0.366 e. The van der Waals surface area contributed by atoms with E-state index in [1.165, 1.54) is 4.68 Å². The van der Waals surface area contributed by atoms with Crippen LogP contribution in [0.4, 0.5) is 16.3 Å². The van der Waals surface area contributed by atoms with Gasteiger partial charge in [-0.2, -0.15) is 5.10 Å². The van der Waals surface area contributed by atoms with E-state index in [0.717, 1.165) is 0 Å². The fourth-order valence-corrected chi connectivity index (χ4v) is 1.49. The summed E-state index contributed by atoms with van der Waals surface area (Å²) in [5.74, 6) is 0.0668. The van der Waals surface area contributed by atoms with E-state index < -0.39 is 11.9 Å². The summed E-state index contributed by atoms with van der Waals surface area (Å²) < 4.78 is 1.54. The molecule has 2 rings (SSSR count). The summed E-state index contributed by atoms with van der Waals surface area (Å²) in [6.07, 6.45) is 1.58. The maximum Gasteiger partial charge on any atom is 0.324 e. The highest BCUT2D eigenvalue weighted by Crippen LogP contribution is 2.10. The lowest BCUT2D eigenvalue weighted by atomic mass is 10.2. The van der Waals surface area contributed by atoms with Crippen molar-refractivity contribution in [1.29, 1.82) is 0 Å². The van der Waals surface area contributed by atoms with Crippen LogP contribution in [0.15, 0.2) is 36.5 Å². The van der Waals surface area contributed by atoms with E-state index in [9.17, 15) is 9.59 Å². The van der Waals surface area contributed by atoms with Gasteiger partial charge < -0.3 is 11.1 Å². The average molecular weight is 259 g/mol. The molecule has 19 heavy (non-hydrogen) atoms.